The molecule has 0 saturated carbocycles. The molecule has 0 atom stereocenters. The summed E-state index contributed by atoms with van der Waals surface area (Å²) < 4.78 is 2.13. The van der Waals surface area contributed by atoms with E-state index in [-0.39, 0.29) is 0 Å². The number of aromatic nitrogens is 4. The van der Waals surface area contributed by atoms with Gasteiger partial charge in [0.2, 0.25) is 0 Å². The van der Waals surface area contributed by atoms with Gasteiger partial charge < -0.3 is 0 Å². The number of hydrogen-bond donors (Lipinski definition) is 0. The van der Waals surface area contributed by atoms with Gasteiger partial charge in [0.15, 0.2) is 11.0 Å². The van der Waals surface area contributed by atoms with Crippen LogP contribution in [0.15, 0.2) is 78.2 Å². The monoisotopic (exact) mass is 426 g/mol. The zero-order chi connectivity index (χ0) is 19.3. The summed E-state index contributed by atoms with van der Waals surface area (Å²) in [5.74, 6) is 1.54. The molecule has 4 aromatic rings. The lowest BCUT2D eigenvalue weighted by molar-refractivity contribution is 0.714. The molecule has 7 heteroatoms. The van der Waals surface area contributed by atoms with Crippen LogP contribution in [-0.4, -0.2) is 19.7 Å². The Balaban J connectivity index is 1.64. The summed E-state index contributed by atoms with van der Waals surface area (Å²) in [5, 5.41) is 10.8. The largest absolute Gasteiger partial charge is 0.298 e. The van der Waals surface area contributed by atoms with Crippen LogP contribution >= 0.6 is 35.0 Å². The van der Waals surface area contributed by atoms with Gasteiger partial charge in [-0.15, -0.1) is 10.2 Å². The molecule has 0 fully saturated rings. The molecule has 28 heavy (non-hydrogen) atoms. The van der Waals surface area contributed by atoms with Crippen LogP contribution in [0.25, 0.3) is 11.4 Å². The van der Waals surface area contributed by atoms with E-state index in [0.29, 0.717) is 16.6 Å². The smallest absolute Gasteiger partial charge is 0.192 e. The van der Waals surface area contributed by atoms with Gasteiger partial charge in [0.05, 0.1) is 16.6 Å². The van der Waals surface area contributed by atoms with Gasteiger partial charge in [0.25, 0.3) is 0 Å². The Kier molecular flexibility index (Phi) is 5.95. The second-order valence-electron chi connectivity index (χ2n) is 6.15. The van der Waals surface area contributed by atoms with Gasteiger partial charge in [-0.3, -0.25) is 9.55 Å². The number of rotatable bonds is 6. The van der Waals surface area contributed by atoms with Crippen LogP contribution in [-0.2, 0) is 12.3 Å². The van der Waals surface area contributed by atoms with Gasteiger partial charge >= 0.3 is 0 Å². The molecule has 4 nitrogen and oxygen atoms in total. The first-order valence-corrected chi connectivity index (χ1v) is 10.4. The molecular weight excluding hydrogens is 411 g/mol. The van der Waals surface area contributed by atoms with Crippen LogP contribution in [0.5, 0.6) is 0 Å². The average Bonchev–Trinajstić information content (AvgIpc) is 3.13. The second kappa shape index (κ2) is 8.78. The van der Waals surface area contributed by atoms with Crippen molar-refractivity contribution >= 4 is 35.0 Å². The van der Waals surface area contributed by atoms with E-state index >= 15 is 0 Å². The third-order valence-electron chi connectivity index (χ3n) is 4.19. The summed E-state index contributed by atoms with van der Waals surface area (Å²) >= 11 is 13.8. The van der Waals surface area contributed by atoms with E-state index in [9.17, 15) is 0 Å². The number of pyridine rings is 1. The third-order valence-corrected chi connectivity index (χ3v) is 5.97. The Labute approximate surface area is 177 Å². The minimum absolute atomic E-state index is 0.558. The van der Waals surface area contributed by atoms with Gasteiger partial charge in [-0.05, 0) is 35.4 Å². The van der Waals surface area contributed by atoms with Crippen LogP contribution in [0.4, 0.5) is 0 Å². The minimum Gasteiger partial charge on any atom is -0.298 e. The van der Waals surface area contributed by atoms with Crippen molar-refractivity contribution in [2.24, 2.45) is 0 Å². The fourth-order valence-corrected chi connectivity index (χ4v) is 4.00. The zero-order valence-electron chi connectivity index (χ0n) is 14.8. The summed E-state index contributed by atoms with van der Waals surface area (Å²) in [6.45, 7) is 0.690. The topological polar surface area (TPSA) is 43.6 Å². The highest BCUT2D eigenvalue weighted by Gasteiger charge is 2.15. The fraction of sp³-hybridized carbons (Fsp3) is 0.0952. The van der Waals surface area contributed by atoms with Gasteiger partial charge in [-0.2, -0.15) is 0 Å². The Morgan fingerprint density at radius 3 is 2.36 bits per heavy atom. The predicted octanol–water partition coefficient (Wildman–Crippen LogP) is 5.99. The van der Waals surface area contributed by atoms with E-state index < -0.39 is 0 Å². The van der Waals surface area contributed by atoms with Crippen molar-refractivity contribution in [3.63, 3.8) is 0 Å². The maximum atomic E-state index is 6.14. The van der Waals surface area contributed by atoms with Crippen molar-refractivity contribution in [3.8, 4) is 11.4 Å². The molecule has 0 aliphatic carbocycles. The number of nitrogens with zero attached hydrogens (tertiary/aromatic N) is 4. The molecule has 0 aliphatic heterocycles. The summed E-state index contributed by atoms with van der Waals surface area (Å²) in [4.78, 5) is 4.10. The predicted molar refractivity (Wildman–Crippen MR) is 115 cm³/mol. The van der Waals surface area contributed by atoms with Crippen molar-refractivity contribution < 1.29 is 0 Å². The molecule has 4 rings (SSSR count). The zero-order valence-corrected chi connectivity index (χ0v) is 17.1. The number of benzene rings is 2. The molecule has 0 saturated heterocycles. The SMILES string of the molecule is Clc1ccc(CSc2nnc(-c3ccncc3)n2Cc2ccccc2)cc1Cl. The molecule has 0 radical (unpaired) electrons. The second-order valence-corrected chi connectivity index (χ2v) is 7.91. The molecule has 0 unspecified atom stereocenters. The molecule has 0 amide bonds. The van der Waals surface area contributed by atoms with Crippen molar-refractivity contribution in [2.75, 3.05) is 0 Å². The molecule has 0 N–H and O–H groups in total. The van der Waals surface area contributed by atoms with Crippen molar-refractivity contribution in [2.45, 2.75) is 17.5 Å². The quantitative estimate of drug-likeness (QED) is 0.355. The van der Waals surface area contributed by atoms with Crippen LogP contribution in [0.1, 0.15) is 11.1 Å². The van der Waals surface area contributed by atoms with Crippen LogP contribution in [0.2, 0.25) is 10.0 Å². The van der Waals surface area contributed by atoms with Crippen LogP contribution < -0.4 is 0 Å². The van der Waals surface area contributed by atoms with Crippen molar-refractivity contribution in [3.05, 3.63) is 94.2 Å². The highest BCUT2D eigenvalue weighted by molar-refractivity contribution is 7.98. The maximum Gasteiger partial charge on any atom is 0.192 e. The highest BCUT2D eigenvalue weighted by Crippen LogP contribution is 2.29. The number of hydrogen-bond acceptors (Lipinski definition) is 4. The lowest BCUT2D eigenvalue weighted by Crippen LogP contribution is -2.04. The van der Waals surface area contributed by atoms with Crippen molar-refractivity contribution in [1.82, 2.24) is 19.7 Å². The lowest BCUT2D eigenvalue weighted by atomic mass is 10.2. The van der Waals surface area contributed by atoms with E-state index in [0.717, 1.165) is 27.9 Å². The highest BCUT2D eigenvalue weighted by atomic mass is 35.5. The van der Waals surface area contributed by atoms with Gasteiger partial charge in [-0.1, -0.05) is 71.4 Å². The first-order chi connectivity index (χ1) is 13.7. The van der Waals surface area contributed by atoms with E-state index in [1.807, 2.05) is 48.5 Å². The normalized spacial score (nSPS) is 10.9. The molecule has 0 spiro atoms. The summed E-state index contributed by atoms with van der Waals surface area (Å²) in [5.41, 5.74) is 3.26. The number of halogens is 2. The first kappa shape index (κ1) is 19.0. The van der Waals surface area contributed by atoms with Gasteiger partial charge in [-0.25, -0.2) is 0 Å². The van der Waals surface area contributed by atoms with E-state index in [1.165, 1.54) is 5.56 Å². The lowest BCUT2D eigenvalue weighted by Gasteiger charge is -2.11. The molecule has 0 bridgehead atoms. The van der Waals surface area contributed by atoms with E-state index in [1.54, 1.807) is 24.2 Å². The van der Waals surface area contributed by atoms with Crippen molar-refractivity contribution in [1.29, 1.82) is 0 Å². The Morgan fingerprint density at radius 1 is 0.821 bits per heavy atom. The van der Waals surface area contributed by atoms with Gasteiger partial charge in [0, 0.05) is 23.7 Å². The van der Waals surface area contributed by atoms with Crippen LogP contribution in [0, 0.1) is 0 Å². The third kappa shape index (κ3) is 4.38. The van der Waals surface area contributed by atoms with Gasteiger partial charge in [0.1, 0.15) is 0 Å². The molecular formula is C21H16Cl2N4S. The average molecular weight is 427 g/mol. The van der Waals surface area contributed by atoms with Crippen LogP contribution in [0.3, 0.4) is 0 Å². The number of thioether (sulfide) groups is 1. The first-order valence-electron chi connectivity index (χ1n) is 8.65. The fourth-order valence-electron chi connectivity index (χ4n) is 2.80. The Morgan fingerprint density at radius 2 is 1.61 bits per heavy atom. The molecule has 2 aromatic heterocycles. The molecule has 140 valence electrons. The molecule has 2 heterocycles. The maximum absolute atomic E-state index is 6.14. The standard InChI is InChI=1S/C21H16Cl2N4S/c22-18-7-6-16(12-19(18)23)14-28-21-26-25-20(17-8-10-24-11-9-17)27(21)13-15-4-2-1-3-5-15/h1-12H,13-14H2. The van der Waals surface area contributed by atoms with E-state index in [4.69, 9.17) is 23.2 Å². The summed E-state index contributed by atoms with van der Waals surface area (Å²) in [7, 11) is 0. The minimum atomic E-state index is 0.558. The Hall–Kier alpha value is -2.34. The molecule has 2 aromatic carbocycles. The summed E-state index contributed by atoms with van der Waals surface area (Å²) in [6, 6.07) is 19.9. The van der Waals surface area contributed by atoms with E-state index in [2.05, 4.69) is 31.9 Å². The summed E-state index contributed by atoms with van der Waals surface area (Å²) in [6.07, 6.45) is 3.53. The Bertz CT molecular complexity index is 1070. The molecule has 0 aliphatic rings.